The monoisotopic (exact) mass is 269 g/mol. The maximum absolute atomic E-state index is 6.00. The standard InChI is InChI=1S/C17H23N3/c1-13-7-8-16(14(2)10-13)17(11-18)20(3)12-15-6-4-5-9-19-15/h4-10,17H,11-12,18H2,1-3H3. The molecular weight excluding hydrogens is 246 g/mol. The molecule has 0 saturated heterocycles. The van der Waals surface area contributed by atoms with Crippen LogP contribution in [0.2, 0.25) is 0 Å². The molecule has 1 heterocycles. The lowest BCUT2D eigenvalue weighted by atomic mass is 9.98. The van der Waals surface area contributed by atoms with E-state index in [2.05, 4.69) is 49.0 Å². The minimum atomic E-state index is 0.220. The molecule has 3 heteroatoms. The van der Waals surface area contributed by atoms with E-state index in [-0.39, 0.29) is 6.04 Å². The number of nitrogens with zero attached hydrogens (tertiary/aromatic N) is 2. The molecule has 1 unspecified atom stereocenters. The van der Waals surface area contributed by atoms with E-state index in [0.717, 1.165) is 12.2 Å². The Kier molecular flexibility index (Phi) is 4.88. The first-order valence-corrected chi connectivity index (χ1v) is 6.99. The third-order valence-electron chi connectivity index (χ3n) is 3.68. The third-order valence-corrected chi connectivity index (χ3v) is 3.68. The van der Waals surface area contributed by atoms with Crippen LogP contribution in [-0.4, -0.2) is 23.5 Å². The highest BCUT2D eigenvalue weighted by atomic mass is 15.1. The van der Waals surface area contributed by atoms with Gasteiger partial charge in [-0.2, -0.15) is 0 Å². The summed E-state index contributed by atoms with van der Waals surface area (Å²) in [5.74, 6) is 0. The van der Waals surface area contributed by atoms with E-state index in [1.165, 1.54) is 16.7 Å². The Labute approximate surface area is 121 Å². The summed E-state index contributed by atoms with van der Waals surface area (Å²) in [4.78, 5) is 6.65. The number of rotatable bonds is 5. The molecule has 0 saturated carbocycles. The summed E-state index contributed by atoms with van der Waals surface area (Å²) in [6.07, 6.45) is 1.83. The lowest BCUT2D eigenvalue weighted by Gasteiger charge is -2.28. The molecule has 1 aromatic heterocycles. The molecule has 0 fully saturated rings. The Hall–Kier alpha value is -1.71. The van der Waals surface area contributed by atoms with Crippen molar-refractivity contribution in [2.75, 3.05) is 13.6 Å². The van der Waals surface area contributed by atoms with Gasteiger partial charge in [-0.05, 0) is 44.2 Å². The van der Waals surface area contributed by atoms with Crippen LogP contribution in [-0.2, 0) is 6.54 Å². The summed E-state index contributed by atoms with van der Waals surface area (Å²) in [7, 11) is 2.10. The van der Waals surface area contributed by atoms with Crippen LogP contribution in [0.5, 0.6) is 0 Å². The SMILES string of the molecule is Cc1ccc(C(CN)N(C)Cc2ccccn2)c(C)c1. The third kappa shape index (κ3) is 3.44. The molecule has 0 amide bonds. The summed E-state index contributed by atoms with van der Waals surface area (Å²) in [5, 5.41) is 0. The number of pyridine rings is 1. The van der Waals surface area contributed by atoms with Gasteiger partial charge in [0.15, 0.2) is 0 Å². The quantitative estimate of drug-likeness (QED) is 0.907. The Morgan fingerprint density at radius 1 is 1.20 bits per heavy atom. The molecule has 0 aliphatic rings. The van der Waals surface area contributed by atoms with Crippen LogP contribution in [0.4, 0.5) is 0 Å². The van der Waals surface area contributed by atoms with Crippen LogP contribution in [0.1, 0.15) is 28.4 Å². The van der Waals surface area contributed by atoms with Crippen molar-refractivity contribution < 1.29 is 0 Å². The number of aromatic nitrogens is 1. The van der Waals surface area contributed by atoms with Gasteiger partial charge in [-0.15, -0.1) is 0 Å². The Balaban J connectivity index is 2.19. The first kappa shape index (κ1) is 14.7. The molecule has 20 heavy (non-hydrogen) atoms. The zero-order valence-electron chi connectivity index (χ0n) is 12.5. The van der Waals surface area contributed by atoms with Crippen LogP contribution in [0.15, 0.2) is 42.6 Å². The average Bonchev–Trinajstić information content (AvgIpc) is 2.43. The second-order valence-corrected chi connectivity index (χ2v) is 5.35. The van der Waals surface area contributed by atoms with E-state index in [1.54, 1.807) is 0 Å². The Bertz CT molecular complexity index is 551. The zero-order valence-corrected chi connectivity index (χ0v) is 12.5. The largest absolute Gasteiger partial charge is 0.329 e. The molecule has 0 spiro atoms. The fraction of sp³-hybridized carbons (Fsp3) is 0.353. The minimum absolute atomic E-state index is 0.220. The van der Waals surface area contributed by atoms with Crippen LogP contribution in [0, 0.1) is 13.8 Å². The van der Waals surface area contributed by atoms with Crippen LogP contribution in [0.3, 0.4) is 0 Å². The number of hydrogen-bond donors (Lipinski definition) is 1. The Morgan fingerprint density at radius 2 is 2.00 bits per heavy atom. The second-order valence-electron chi connectivity index (χ2n) is 5.35. The molecule has 0 bridgehead atoms. The van der Waals surface area contributed by atoms with E-state index in [4.69, 9.17) is 5.73 Å². The van der Waals surface area contributed by atoms with E-state index < -0.39 is 0 Å². The van der Waals surface area contributed by atoms with E-state index in [0.29, 0.717) is 6.54 Å². The zero-order chi connectivity index (χ0) is 14.5. The molecule has 0 radical (unpaired) electrons. The van der Waals surface area contributed by atoms with Crippen molar-refractivity contribution in [1.82, 2.24) is 9.88 Å². The smallest absolute Gasteiger partial charge is 0.0544 e. The lowest BCUT2D eigenvalue weighted by molar-refractivity contribution is 0.238. The maximum atomic E-state index is 6.00. The molecule has 1 atom stereocenters. The van der Waals surface area contributed by atoms with Crippen LogP contribution >= 0.6 is 0 Å². The number of likely N-dealkylation sites (N-methyl/N-ethyl adjacent to an activating group) is 1. The molecule has 2 N–H and O–H groups in total. The van der Waals surface area contributed by atoms with Crippen molar-refractivity contribution in [2.24, 2.45) is 5.73 Å². The highest BCUT2D eigenvalue weighted by molar-refractivity contribution is 5.33. The lowest BCUT2D eigenvalue weighted by Crippen LogP contribution is -2.31. The molecule has 106 valence electrons. The highest BCUT2D eigenvalue weighted by Gasteiger charge is 2.17. The second kappa shape index (κ2) is 6.64. The van der Waals surface area contributed by atoms with Crippen molar-refractivity contribution in [3.63, 3.8) is 0 Å². The van der Waals surface area contributed by atoms with Crippen LogP contribution < -0.4 is 5.73 Å². The van der Waals surface area contributed by atoms with Crippen molar-refractivity contribution in [3.8, 4) is 0 Å². The number of nitrogens with two attached hydrogens (primary N) is 1. The average molecular weight is 269 g/mol. The molecule has 3 nitrogen and oxygen atoms in total. The van der Waals surface area contributed by atoms with Gasteiger partial charge in [-0.1, -0.05) is 29.8 Å². The topological polar surface area (TPSA) is 42.1 Å². The molecule has 2 rings (SSSR count). The van der Waals surface area contributed by atoms with Gasteiger partial charge < -0.3 is 5.73 Å². The predicted octanol–water partition coefficient (Wildman–Crippen LogP) is 2.83. The number of hydrogen-bond acceptors (Lipinski definition) is 3. The summed E-state index contributed by atoms with van der Waals surface area (Å²) in [5.41, 5.74) is 11.0. The molecular formula is C17H23N3. The summed E-state index contributed by atoms with van der Waals surface area (Å²) in [6, 6.07) is 12.8. The van der Waals surface area contributed by atoms with Gasteiger partial charge in [0, 0.05) is 25.3 Å². The molecule has 0 aliphatic carbocycles. The first-order valence-electron chi connectivity index (χ1n) is 6.99. The van der Waals surface area contributed by atoms with Crippen molar-refractivity contribution in [3.05, 3.63) is 65.0 Å². The molecule has 1 aromatic carbocycles. The van der Waals surface area contributed by atoms with E-state index in [9.17, 15) is 0 Å². The van der Waals surface area contributed by atoms with Gasteiger partial charge >= 0.3 is 0 Å². The molecule has 2 aromatic rings. The predicted molar refractivity (Wildman–Crippen MR) is 83.4 cm³/mol. The van der Waals surface area contributed by atoms with Gasteiger partial charge in [-0.25, -0.2) is 0 Å². The Morgan fingerprint density at radius 3 is 2.60 bits per heavy atom. The first-order chi connectivity index (χ1) is 9.61. The van der Waals surface area contributed by atoms with Gasteiger partial charge in [0.2, 0.25) is 0 Å². The maximum Gasteiger partial charge on any atom is 0.0544 e. The van der Waals surface area contributed by atoms with E-state index >= 15 is 0 Å². The summed E-state index contributed by atoms with van der Waals surface area (Å²) >= 11 is 0. The van der Waals surface area contributed by atoms with Gasteiger partial charge in [-0.3, -0.25) is 9.88 Å². The minimum Gasteiger partial charge on any atom is -0.329 e. The number of aryl methyl sites for hydroxylation is 2. The summed E-state index contributed by atoms with van der Waals surface area (Å²) < 4.78 is 0. The van der Waals surface area contributed by atoms with Crippen molar-refractivity contribution in [2.45, 2.75) is 26.4 Å². The van der Waals surface area contributed by atoms with Crippen molar-refractivity contribution in [1.29, 1.82) is 0 Å². The normalized spacial score (nSPS) is 12.7. The fourth-order valence-corrected chi connectivity index (χ4v) is 2.60. The van der Waals surface area contributed by atoms with Gasteiger partial charge in [0.05, 0.1) is 5.69 Å². The molecule has 0 aliphatic heterocycles. The van der Waals surface area contributed by atoms with E-state index in [1.807, 2.05) is 24.4 Å². The van der Waals surface area contributed by atoms with Gasteiger partial charge in [0.1, 0.15) is 0 Å². The van der Waals surface area contributed by atoms with Gasteiger partial charge in [0.25, 0.3) is 0 Å². The summed E-state index contributed by atoms with van der Waals surface area (Å²) in [6.45, 7) is 5.68. The van der Waals surface area contributed by atoms with Crippen molar-refractivity contribution >= 4 is 0 Å². The van der Waals surface area contributed by atoms with Crippen LogP contribution in [0.25, 0.3) is 0 Å². The number of benzene rings is 1. The highest BCUT2D eigenvalue weighted by Crippen LogP contribution is 2.24. The fourth-order valence-electron chi connectivity index (χ4n) is 2.60.